The molecule has 6 nitrogen and oxygen atoms in total. The lowest BCUT2D eigenvalue weighted by atomic mass is 10.1. The minimum absolute atomic E-state index is 0.122. The molecule has 0 saturated carbocycles. The number of hydrogen-bond donors (Lipinski definition) is 1. The van der Waals surface area contributed by atoms with E-state index in [2.05, 4.69) is 5.32 Å². The van der Waals surface area contributed by atoms with Crippen LogP contribution in [-0.2, 0) is 16.6 Å². The molecule has 0 atom stereocenters. The van der Waals surface area contributed by atoms with Gasteiger partial charge in [-0.2, -0.15) is 0 Å². The van der Waals surface area contributed by atoms with Crippen molar-refractivity contribution in [2.45, 2.75) is 13.5 Å². The lowest BCUT2D eigenvalue weighted by molar-refractivity contribution is 0.0947. The first-order valence-corrected chi connectivity index (χ1v) is 12.7. The predicted molar refractivity (Wildman–Crippen MR) is 133 cm³/mol. The first-order chi connectivity index (χ1) is 15.6. The van der Waals surface area contributed by atoms with Crippen LogP contribution in [0.5, 0.6) is 5.75 Å². The summed E-state index contributed by atoms with van der Waals surface area (Å²) in [6.07, 6.45) is 1.15. The van der Waals surface area contributed by atoms with Gasteiger partial charge in [0.2, 0.25) is 10.0 Å². The minimum Gasteiger partial charge on any atom is -0.492 e. The molecule has 3 aromatic carbocycles. The standard InChI is InChI=1S/C24H24Cl2N2O4S/c1-17-3-8-21(26)15-23(17)28(33(2,30)31)16-18-4-6-19(7-5-18)24(29)27-13-14-32-22-11-9-20(25)10-12-22/h3-12,15H,13-14,16H2,1-2H3,(H,27,29). The first-order valence-electron chi connectivity index (χ1n) is 10.1. The molecule has 0 fully saturated rings. The van der Waals surface area contributed by atoms with E-state index in [0.717, 1.165) is 17.4 Å². The molecule has 174 valence electrons. The molecule has 0 aromatic heterocycles. The van der Waals surface area contributed by atoms with E-state index in [1.165, 1.54) is 4.31 Å². The molecule has 0 unspecified atom stereocenters. The lowest BCUT2D eigenvalue weighted by Gasteiger charge is -2.24. The summed E-state index contributed by atoms with van der Waals surface area (Å²) in [6.45, 7) is 2.59. The molecule has 0 aliphatic heterocycles. The molecular weight excluding hydrogens is 483 g/mol. The summed E-state index contributed by atoms with van der Waals surface area (Å²) in [7, 11) is -3.55. The number of nitrogens with zero attached hydrogens (tertiary/aromatic N) is 1. The van der Waals surface area contributed by atoms with Crippen molar-refractivity contribution in [2.24, 2.45) is 0 Å². The third-order valence-corrected chi connectivity index (χ3v) is 6.47. The Bertz CT molecular complexity index is 1210. The molecule has 1 N–H and O–H groups in total. The van der Waals surface area contributed by atoms with E-state index in [-0.39, 0.29) is 12.5 Å². The van der Waals surface area contributed by atoms with Crippen molar-refractivity contribution < 1.29 is 17.9 Å². The molecule has 0 saturated heterocycles. The van der Waals surface area contributed by atoms with E-state index in [4.69, 9.17) is 27.9 Å². The fraction of sp³-hybridized carbons (Fsp3) is 0.208. The Labute approximate surface area is 204 Å². The fourth-order valence-electron chi connectivity index (χ4n) is 3.13. The SMILES string of the molecule is Cc1ccc(Cl)cc1N(Cc1ccc(C(=O)NCCOc2ccc(Cl)cc2)cc1)S(C)(=O)=O. The predicted octanol–water partition coefficient (Wildman–Crippen LogP) is 5.08. The average Bonchev–Trinajstić information content (AvgIpc) is 2.77. The van der Waals surface area contributed by atoms with Gasteiger partial charge >= 0.3 is 0 Å². The van der Waals surface area contributed by atoms with E-state index >= 15 is 0 Å². The fourth-order valence-corrected chi connectivity index (χ4v) is 4.36. The smallest absolute Gasteiger partial charge is 0.251 e. The van der Waals surface area contributed by atoms with Crippen LogP contribution in [0.15, 0.2) is 66.7 Å². The topological polar surface area (TPSA) is 75.7 Å². The lowest BCUT2D eigenvalue weighted by Crippen LogP contribution is -2.30. The van der Waals surface area contributed by atoms with Gasteiger partial charge < -0.3 is 10.1 Å². The third kappa shape index (κ3) is 7.12. The number of nitrogens with one attached hydrogen (secondary N) is 1. The molecule has 9 heteroatoms. The van der Waals surface area contributed by atoms with Crippen LogP contribution in [0, 0.1) is 6.92 Å². The minimum atomic E-state index is -3.55. The van der Waals surface area contributed by atoms with Gasteiger partial charge in [-0.1, -0.05) is 41.4 Å². The van der Waals surface area contributed by atoms with Crippen molar-refractivity contribution in [1.82, 2.24) is 5.32 Å². The van der Waals surface area contributed by atoms with Gasteiger partial charge in [0.05, 0.1) is 25.0 Å². The maximum absolute atomic E-state index is 12.4. The van der Waals surface area contributed by atoms with Crippen molar-refractivity contribution in [1.29, 1.82) is 0 Å². The van der Waals surface area contributed by atoms with Gasteiger partial charge in [0.15, 0.2) is 0 Å². The van der Waals surface area contributed by atoms with Crippen molar-refractivity contribution >= 4 is 44.8 Å². The summed E-state index contributed by atoms with van der Waals surface area (Å²) in [5.74, 6) is 0.426. The van der Waals surface area contributed by atoms with Gasteiger partial charge in [-0.25, -0.2) is 8.42 Å². The maximum atomic E-state index is 12.4. The second-order valence-electron chi connectivity index (χ2n) is 7.46. The summed E-state index contributed by atoms with van der Waals surface area (Å²) in [4.78, 5) is 12.4. The quantitative estimate of drug-likeness (QED) is 0.410. The Hall–Kier alpha value is -2.74. The highest BCUT2D eigenvalue weighted by Gasteiger charge is 2.20. The number of rotatable bonds is 9. The normalized spacial score (nSPS) is 11.2. The number of carbonyl (C=O) groups is 1. The van der Waals surface area contributed by atoms with E-state index in [1.807, 2.05) is 6.92 Å². The van der Waals surface area contributed by atoms with Crippen LogP contribution in [0.3, 0.4) is 0 Å². The van der Waals surface area contributed by atoms with Crippen LogP contribution in [0.2, 0.25) is 10.0 Å². The number of carbonyl (C=O) groups excluding carboxylic acids is 1. The van der Waals surface area contributed by atoms with Gasteiger partial charge in [-0.3, -0.25) is 9.10 Å². The molecular formula is C24H24Cl2N2O4S. The molecule has 3 rings (SSSR count). The van der Waals surface area contributed by atoms with Crippen molar-refractivity contribution in [3.8, 4) is 5.75 Å². The number of halogens is 2. The van der Waals surface area contributed by atoms with Crippen molar-refractivity contribution in [3.05, 3.63) is 93.5 Å². The second kappa shape index (κ2) is 10.9. The number of amides is 1. The summed E-state index contributed by atoms with van der Waals surface area (Å²) < 4.78 is 31.7. The molecule has 0 bridgehead atoms. The highest BCUT2D eigenvalue weighted by atomic mass is 35.5. The van der Waals surface area contributed by atoms with E-state index < -0.39 is 10.0 Å². The summed E-state index contributed by atoms with van der Waals surface area (Å²) in [6, 6.07) is 18.9. The number of sulfonamides is 1. The van der Waals surface area contributed by atoms with Crippen LogP contribution >= 0.6 is 23.2 Å². The molecule has 33 heavy (non-hydrogen) atoms. The summed E-state index contributed by atoms with van der Waals surface area (Å²) in [5, 5.41) is 3.87. The van der Waals surface area contributed by atoms with Gasteiger partial charge in [0.25, 0.3) is 5.91 Å². The van der Waals surface area contributed by atoms with Crippen LogP contribution < -0.4 is 14.4 Å². The molecule has 0 aliphatic carbocycles. The van der Waals surface area contributed by atoms with Gasteiger partial charge in [-0.05, 0) is 66.6 Å². The Morgan fingerprint density at radius 1 is 0.970 bits per heavy atom. The number of benzene rings is 3. The Kier molecular flexibility index (Phi) is 8.24. The van der Waals surface area contributed by atoms with Crippen molar-refractivity contribution in [2.75, 3.05) is 23.7 Å². The molecule has 0 spiro atoms. The largest absolute Gasteiger partial charge is 0.492 e. The van der Waals surface area contributed by atoms with Crippen LogP contribution in [0.25, 0.3) is 0 Å². The number of ether oxygens (including phenoxy) is 1. The van der Waals surface area contributed by atoms with Gasteiger partial charge in [0.1, 0.15) is 12.4 Å². The van der Waals surface area contributed by atoms with Crippen LogP contribution in [0.4, 0.5) is 5.69 Å². The molecule has 3 aromatic rings. The zero-order chi connectivity index (χ0) is 24.0. The van der Waals surface area contributed by atoms with Gasteiger partial charge in [0, 0.05) is 15.6 Å². The number of anilines is 1. The van der Waals surface area contributed by atoms with Gasteiger partial charge in [-0.15, -0.1) is 0 Å². The zero-order valence-electron chi connectivity index (χ0n) is 18.2. The monoisotopic (exact) mass is 506 g/mol. The Morgan fingerprint density at radius 3 is 2.24 bits per heavy atom. The Morgan fingerprint density at radius 2 is 1.61 bits per heavy atom. The highest BCUT2D eigenvalue weighted by Crippen LogP contribution is 2.28. The number of aryl methyl sites for hydroxylation is 1. The zero-order valence-corrected chi connectivity index (χ0v) is 20.5. The highest BCUT2D eigenvalue weighted by molar-refractivity contribution is 7.92. The molecule has 0 radical (unpaired) electrons. The number of hydrogen-bond acceptors (Lipinski definition) is 4. The summed E-state index contributed by atoms with van der Waals surface area (Å²) >= 11 is 11.9. The molecule has 0 heterocycles. The first kappa shape index (κ1) is 24.9. The molecule has 0 aliphatic rings. The van der Waals surface area contributed by atoms with Crippen molar-refractivity contribution in [3.63, 3.8) is 0 Å². The van der Waals surface area contributed by atoms with Crippen LogP contribution in [-0.4, -0.2) is 33.7 Å². The van der Waals surface area contributed by atoms with E-state index in [0.29, 0.717) is 40.2 Å². The second-order valence-corrected chi connectivity index (χ2v) is 10.2. The van der Waals surface area contributed by atoms with Crippen LogP contribution in [0.1, 0.15) is 21.5 Å². The third-order valence-electron chi connectivity index (χ3n) is 4.85. The van der Waals surface area contributed by atoms with E-state index in [1.54, 1.807) is 66.7 Å². The maximum Gasteiger partial charge on any atom is 0.251 e. The average molecular weight is 507 g/mol. The summed E-state index contributed by atoms with van der Waals surface area (Å²) in [5.41, 5.74) is 2.52. The molecule has 1 amide bonds. The van der Waals surface area contributed by atoms with E-state index in [9.17, 15) is 13.2 Å². The Balaban J connectivity index is 1.60.